The molecule has 4 atom stereocenters. The molecule has 0 nitrogen and oxygen atoms in total. The quantitative estimate of drug-likeness (QED) is 0.386. The molecule has 25 heavy (non-hydrogen) atoms. The van der Waals surface area contributed by atoms with Crippen LogP contribution in [0.5, 0.6) is 0 Å². The van der Waals surface area contributed by atoms with Crippen molar-refractivity contribution in [1.82, 2.24) is 0 Å². The molecule has 10 rings (SSSR count). The monoisotopic (exact) mass is 382 g/mol. The van der Waals surface area contributed by atoms with Gasteiger partial charge in [0.05, 0.1) is 0 Å². The third kappa shape index (κ3) is 0.123. The fourth-order valence-corrected chi connectivity index (χ4v) is 126. The van der Waals surface area contributed by atoms with Gasteiger partial charge in [-0.15, -0.1) is 0 Å². The molecule has 1 heteroatoms. The van der Waals surface area contributed by atoms with E-state index in [0.717, 1.165) is 30.2 Å². The number of rotatable bonds is 7. The van der Waals surface area contributed by atoms with Crippen LogP contribution in [0.4, 0.5) is 0 Å². The molecule has 0 aromatic rings. The van der Waals surface area contributed by atoms with Gasteiger partial charge in [-0.25, -0.2) is 0 Å². The normalized spacial score (nSPS) is 103. The number of hydrogen-bond donors (Lipinski definition) is 0. The van der Waals surface area contributed by atoms with Crippen molar-refractivity contribution in [3.63, 3.8) is 0 Å². The van der Waals surface area contributed by atoms with Crippen LogP contribution in [0.1, 0.15) is 93.4 Å². The Bertz CT molecular complexity index is 1140. The Kier molecular flexibility index (Phi) is 0.652. The average Bonchev–Trinajstić information content (AvgIpc) is 3.60. The van der Waals surface area contributed by atoms with E-state index < -0.39 is 6.51 Å². The van der Waals surface area contributed by atoms with E-state index in [1.54, 1.807) is 44.9 Å². The second kappa shape index (κ2) is 1.27. The van der Waals surface area contributed by atoms with Crippen LogP contribution in [0.3, 0.4) is 0 Å². The molecule has 0 bridgehead atoms. The Morgan fingerprint density at radius 1 is 0.480 bits per heavy atom. The van der Waals surface area contributed by atoms with Gasteiger partial charge in [-0.05, 0) is 0 Å². The van der Waals surface area contributed by atoms with E-state index in [0.29, 0.717) is 0 Å². The maximum absolute atomic E-state index is 3.81. The van der Waals surface area contributed by atoms with Gasteiger partial charge in [0.25, 0.3) is 0 Å². The van der Waals surface area contributed by atoms with Gasteiger partial charge in [-0.2, -0.15) is 0 Å². The third-order valence-electron chi connectivity index (χ3n) is 21.3. The van der Waals surface area contributed by atoms with E-state index in [1.807, 2.05) is 0 Å². The molecule has 10 heterocycles. The molecule has 10 saturated heterocycles. The fraction of sp³-hybridized carbons (Fsp3) is 1.00. The van der Waals surface area contributed by atoms with Crippen LogP contribution in [-0.2, 0) is 6.51 Å². The van der Waals surface area contributed by atoms with Crippen LogP contribution in [0.15, 0.2) is 0 Å². The second-order valence-corrected chi connectivity index (χ2v) is 36.0. The summed E-state index contributed by atoms with van der Waals surface area (Å²) in [4.78, 5) is 4.14. The van der Waals surface area contributed by atoms with Gasteiger partial charge in [0.15, 0.2) is 0 Å². The molecule has 10 aliphatic rings. The molecule has 0 saturated carbocycles. The van der Waals surface area contributed by atoms with Crippen LogP contribution in [-0.4, -0.2) is 0 Å². The van der Waals surface area contributed by atoms with Crippen LogP contribution in [0.2, 0.25) is 44.6 Å². The van der Waals surface area contributed by atoms with E-state index in [4.69, 9.17) is 0 Å². The molecule has 10 aliphatic heterocycles. The fourth-order valence-electron chi connectivity index (χ4n) is 29.1. The summed E-state index contributed by atoms with van der Waals surface area (Å²) in [5.74, 6) is 0. The minimum atomic E-state index is -3.81. The first-order valence-corrected chi connectivity index (χ1v) is 17.8. The predicted octanol–water partition coefficient (Wildman–Crippen LogP) is 8.84. The van der Waals surface area contributed by atoms with Crippen molar-refractivity contribution in [3.05, 3.63) is 0 Å². The Labute approximate surface area is 144 Å². The molecule has 0 aliphatic carbocycles. The van der Waals surface area contributed by atoms with Crippen LogP contribution in [0, 0.1) is 0 Å². The third-order valence-corrected chi connectivity index (χ3v) is 71.3. The maximum atomic E-state index is 2.70. The topological polar surface area (TPSA) is 0 Å². The van der Waals surface area contributed by atoms with Crippen molar-refractivity contribution in [2.45, 2.75) is 138 Å². The van der Waals surface area contributed by atoms with Gasteiger partial charge < -0.3 is 0 Å². The Balaban J connectivity index is 1.66. The summed E-state index contributed by atoms with van der Waals surface area (Å²) in [7, 11) is 0. The van der Waals surface area contributed by atoms with Crippen molar-refractivity contribution in [2.75, 3.05) is 0 Å². The molecule has 0 amide bonds. The summed E-state index contributed by atoms with van der Waals surface area (Å²) < 4.78 is 6.94. The predicted molar refractivity (Wildman–Crippen MR) is 102 cm³/mol. The SMILES string of the molecule is CC[C]12[CH]3[CH]4[C]5(CC)[CH]1[Fe]34251678[C]2(CC)[C]1(CC)[C]6(CC)[C]7(CC)[C]28CC. The van der Waals surface area contributed by atoms with Crippen LogP contribution < -0.4 is 0 Å². The number of hydrogen-bond acceptors (Lipinski definition) is 0. The van der Waals surface area contributed by atoms with Crippen LogP contribution >= 0.6 is 0 Å². The molecule has 10 fully saturated rings. The molecule has 142 valence electrons. The second-order valence-electron chi connectivity index (χ2n) is 13.7. The zero-order chi connectivity index (χ0) is 17.5. The summed E-state index contributed by atoms with van der Waals surface area (Å²) in [5.41, 5.74) is 0. The zero-order valence-corrected chi connectivity index (χ0v) is 18.6. The molecule has 1 spiro atoms. The van der Waals surface area contributed by atoms with E-state index >= 15 is 0 Å². The summed E-state index contributed by atoms with van der Waals surface area (Å²) in [6.07, 6.45) is 11.4. The van der Waals surface area contributed by atoms with Crippen molar-refractivity contribution in [3.8, 4) is 0 Å². The van der Waals surface area contributed by atoms with Gasteiger partial charge in [0.1, 0.15) is 0 Å². The van der Waals surface area contributed by atoms with Crippen molar-refractivity contribution >= 4 is 0 Å². The van der Waals surface area contributed by atoms with Gasteiger partial charge in [-0.1, -0.05) is 0 Å². The van der Waals surface area contributed by atoms with E-state index in [9.17, 15) is 0 Å². The molecule has 0 radical (unpaired) electrons. The molecular weight excluding hydrogens is 344 g/mol. The molecule has 0 aromatic heterocycles. The first kappa shape index (κ1) is 12.9. The summed E-state index contributed by atoms with van der Waals surface area (Å²) in [6.45, 7) is 15.1. The van der Waals surface area contributed by atoms with Crippen molar-refractivity contribution in [2.24, 2.45) is 0 Å². The van der Waals surface area contributed by atoms with Crippen molar-refractivity contribution < 1.29 is 6.51 Å². The Hall–Kier alpha value is 0.519. The van der Waals surface area contributed by atoms with Gasteiger partial charge in [0, 0.05) is 0 Å². The zero-order valence-electron chi connectivity index (χ0n) is 17.5. The number of fused-ring (bicyclic) bond motifs is 10. The molecule has 4 unspecified atom stereocenters. The molecular formula is C24H38Fe. The Morgan fingerprint density at radius 3 is 0.920 bits per heavy atom. The molecule has 0 aromatic carbocycles. The van der Waals surface area contributed by atoms with Gasteiger partial charge in [-0.3, -0.25) is 0 Å². The summed E-state index contributed by atoms with van der Waals surface area (Å²) in [5, 5.41) is 0. The van der Waals surface area contributed by atoms with E-state index in [2.05, 4.69) is 48.5 Å². The van der Waals surface area contributed by atoms with Crippen molar-refractivity contribution in [1.29, 1.82) is 0 Å². The minimum absolute atomic E-state index is 0.982. The average molecular weight is 382 g/mol. The summed E-state index contributed by atoms with van der Waals surface area (Å²) in [6, 6.07) is 0. The van der Waals surface area contributed by atoms with E-state index in [-0.39, 0.29) is 0 Å². The summed E-state index contributed by atoms with van der Waals surface area (Å²) >= 11 is 0. The molecule has 0 N–H and O–H groups in total. The van der Waals surface area contributed by atoms with E-state index in [1.165, 1.54) is 14.4 Å². The standard InChI is InChI=1S/C15H25.C9H13.Fe/c1-6-11-12(7-2)14(9-4)15(10-5)13(11)8-3;1-3-8-5-6-9(4-2)7-8;/h6-10H2,1-5H3;5-7H,3-4H2,1-2H3;. The van der Waals surface area contributed by atoms with Gasteiger partial charge in [0.2, 0.25) is 0 Å². The Morgan fingerprint density at radius 2 is 0.760 bits per heavy atom. The van der Waals surface area contributed by atoms with Gasteiger partial charge >= 0.3 is 145 Å². The first-order chi connectivity index (χ1) is 11.8. The van der Waals surface area contributed by atoms with Crippen LogP contribution in [0.25, 0.3) is 0 Å². The first-order valence-electron chi connectivity index (χ1n) is 12.0.